The van der Waals surface area contributed by atoms with Crippen molar-refractivity contribution < 1.29 is 33.0 Å². The van der Waals surface area contributed by atoms with Gasteiger partial charge in [-0.3, -0.25) is 4.79 Å². The van der Waals surface area contributed by atoms with Crippen LogP contribution in [0.1, 0.15) is 46.9 Å². The normalized spacial score (nSPS) is 11.8. The Kier molecular flexibility index (Phi) is 6.15. The molecule has 4 rings (SSSR count). The molecule has 1 heterocycles. The van der Waals surface area contributed by atoms with Crippen LogP contribution in [0.5, 0.6) is 0 Å². The molecule has 3 aromatic carbocycles. The third-order valence-electron chi connectivity index (χ3n) is 5.96. The first-order valence-corrected chi connectivity index (χ1v) is 10.9. The van der Waals surface area contributed by atoms with Gasteiger partial charge < -0.3 is 14.8 Å². The number of rotatable bonds is 6. The van der Waals surface area contributed by atoms with Gasteiger partial charge in [-0.2, -0.15) is 13.2 Å². The SMILES string of the molecule is CC(C)c1ccc(-n2c(CC(=O)O)c(C(=O)O)c3cc(-c4ccc(C(F)(F)F)cc4)ccc32)cc1. The predicted octanol–water partition coefficient (Wildman–Crippen LogP) is 6.77. The summed E-state index contributed by atoms with van der Waals surface area (Å²) in [6.45, 7) is 4.09. The molecule has 0 saturated carbocycles. The highest BCUT2D eigenvalue weighted by molar-refractivity contribution is 6.07. The van der Waals surface area contributed by atoms with Gasteiger partial charge in [0.2, 0.25) is 0 Å². The van der Waals surface area contributed by atoms with E-state index in [1.807, 2.05) is 38.1 Å². The first-order valence-electron chi connectivity index (χ1n) is 10.9. The van der Waals surface area contributed by atoms with E-state index in [9.17, 15) is 33.0 Å². The van der Waals surface area contributed by atoms with Gasteiger partial charge in [-0.1, -0.05) is 44.2 Å². The van der Waals surface area contributed by atoms with E-state index < -0.39 is 30.1 Å². The molecule has 2 N–H and O–H groups in total. The highest BCUT2D eigenvalue weighted by Gasteiger charge is 2.30. The van der Waals surface area contributed by atoms with Crippen molar-refractivity contribution in [1.29, 1.82) is 0 Å². The molecule has 0 aliphatic rings. The number of alkyl halides is 3. The van der Waals surface area contributed by atoms with Crippen molar-refractivity contribution in [2.75, 3.05) is 0 Å². The number of hydrogen-bond donors (Lipinski definition) is 2. The molecule has 0 aliphatic carbocycles. The van der Waals surface area contributed by atoms with Crippen LogP contribution in [0.4, 0.5) is 13.2 Å². The monoisotopic (exact) mass is 481 g/mol. The first-order chi connectivity index (χ1) is 16.5. The van der Waals surface area contributed by atoms with Crippen LogP contribution >= 0.6 is 0 Å². The Hall–Kier alpha value is -4.07. The molecule has 180 valence electrons. The standard InChI is InChI=1S/C27H22F3NO4/c1-15(2)16-5-10-20(11-6-16)31-22-12-7-18(17-3-8-19(9-4-17)27(28,29)30)13-21(22)25(26(34)35)23(31)14-24(32)33/h3-13,15H,14H2,1-2H3,(H,32,33)(H,34,35). The van der Waals surface area contributed by atoms with Crippen molar-refractivity contribution in [3.8, 4) is 16.8 Å². The van der Waals surface area contributed by atoms with Gasteiger partial charge in [0.1, 0.15) is 0 Å². The largest absolute Gasteiger partial charge is 0.481 e. The lowest BCUT2D eigenvalue weighted by molar-refractivity contribution is -0.138. The summed E-state index contributed by atoms with van der Waals surface area (Å²) in [7, 11) is 0. The molecule has 0 atom stereocenters. The lowest BCUT2D eigenvalue weighted by atomic mass is 10.0. The van der Waals surface area contributed by atoms with E-state index in [1.54, 1.807) is 22.8 Å². The molecule has 1 aromatic heterocycles. The number of aromatic carboxylic acids is 1. The second kappa shape index (κ2) is 8.94. The molecule has 0 bridgehead atoms. The van der Waals surface area contributed by atoms with E-state index >= 15 is 0 Å². The number of aliphatic carboxylic acids is 1. The van der Waals surface area contributed by atoms with Crippen molar-refractivity contribution in [3.05, 3.63) is 89.1 Å². The van der Waals surface area contributed by atoms with E-state index in [-0.39, 0.29) is 17.2 Å². The minimum atomic E-state index is -4.47. The summed E-state index contributed by atoms with van der Waals surface area (Å²) in [4.78, 5) is 23.9. The van der Waals surface area contributed by atoms with Crippen LogP contribution < -0.4 is 0 Å². The Morgan fingerprint density at radius 1 is 0.886 bits per heavy atom. The van der Waals surface area contributed by atoms with Gasteiger partial charge >= 0.3 is 18.1 Å². The Morgan fingerprint density at radius 2 is 1.49 bits per heavy atom. The number of benzene rings is 3. The maximum absolute atomic E-state index is 12.9. The molecule has 35 heavy (non-hydrogen) atoms. The minimum Gasteiger partial charge on any atom is -0.481 e. The van der Waals surface area contributed by atoms with Crippen molar-refractivity contribution in [3.63, 3.8) is 0 Å². The molecule has 0 radical (unpaired) electrons. The van der Waals surface area contributed by atoms with Crippen molar-refractivity contribution >= 4 is 22.8 Å². The van der Waals surface area contributed by atoms with Crippen LogP contribution in [0.15, 0.2) is 66.7 Å². The smallest absolute Gasteiger partial charge is 0.416 e. The second-order valence-electron chi connectivity index (χ2n) is 8.59. The summed E-state index contributed by atoms with van der Waals surface area (Å²) < 4.78 is 40.4. The van der Waals surface area contributed by atoms with Gasteiger partial charge in [0.05, 0.1) is 23.1 Å². The number of aromatic nitrogens is 1. The maximum Gasteiger partial charge on any atom is 0.416 e. The van der Waals surface area contributed by atoms with Crippen molar-refractivity contribution in [1.82, 2.24) is 4.57 Å². The van der Waals surface area contributed by atoms with E-state index in [4.69, 9.17) is 0 Å². The first kappa shape index (κ1) is 24.1. The van der Waals surface area contributed by atoms with E-state index in [0.29, 0.717) is 27.7 Å². The molecule has 0 spiro atoms. The number of carboxylic acids is 2. The second-order valence-corrected chi connectivity index (χ2v) is 8.59. The number of carboxylic acid groups (broad SMARTS) is 2. The van der Waals surface area contributed by atoms with Gasteiger partial charge in [0.15, 0.2) is 0 Å². The van der Waals surface area contributed by atoms with E-state index in [0.717, 1.165) is 17.7 Å². The van der Waals surface area contributed by atoms with Crippen LogP contribution in [0.25, 0.3) is 27.7 Å². The van der Waals surface area contributed by atoms with Gasteiger partial charge in [-0.15, -0.1) is 0 Å². The fourth-order valence-corrected chi connectivity index (χ4v) is 4.23. The van der Waals surface area contributed by atoms with Crippen LogP contribution in [-0.4, -0.2) is 26.7 Å². The highest BCUT2D eigenvalue weighted by Crippen LogP contribution is 2.35. The number of nitrogens with zero attached hydrogens (tertiary/aromatic N) is 1. The molecule has 5 nitrogen and oxygen atoms in total. The highest BCUT2D eigenvalue weighted by atomic mass is 19.4. The molecular weight excluding hydrogens is 459 g/mol. The lowest BCUT2D eigenvalue weighted by Gasteiger charge is -2.13. The zero-order valence-corrected chi connectivity index (χ0v) is 18.9. The average Bonchev–Trinajstić information content (AvgIpc) is 3.11. The molecular formula is C27H22F3NO4. The third kappa shape index (κ3) is 4.64. The number of carbonyl (C=O) groups is 2. The summed E-state index contributed by atoms with van der Waals surface area (Å²) in [5.74, 6) is -2.18. The Morgan fingerprint density at radius 3 is 2.00 bits per heavy atom. The quantitative estimate of drug-likeness (QED) is 0.319. The summed E-state index contributed by atoms with van der Waals surface area (Å²) >= 11 is 0. The molecule has 0 aliphatic heterocycles. The minimum absolute atomic E-state index is 0.113. The van der Waals surface area contributed by atoms with Crippen LogP contribution in [0, 0.1) is 0 Å². The predicted molar refractivity (Wildman–Crippen MR) is 126 cm³/mol. The van der Waals surface area contributed by atoms with E-state index in [2.05, 4.69) is 0 Å². The summed E-state index contributed by atoms with van der Waals surface area (Å²) in [5, 5.41) is 19.8. The average molecular weight is 481 g/mol. The lowest BCUT2D eigenvalue weighted by Crippen LogP contribution is -2.11. The Labute approximate surface area is 199 Å². The summed E-state index contributed by atoms with van der Waals surface area (Å²) in [6.07, 6.45) is -4.98. The maximum atomic E-state index is 12.9. The number of halogens is 3. The van der Waals surface area contributed by atoms with Crippen LogP contribution in [0.2, 0.25) is 0 Å². The fraction of sp³-hybridized carbons (Fsp3) is 0.185. The molecule has 4 aromatic rings. The van der Waals surface area contributed by atoms with Crippen molar-refractivity contribution in [2.24, 2.45) is 0 Å². The summed E-state index contributed by atoms with van der Waals surface area (Å²) in [5.41, 5.74) is 2.36. The van der Waals surface area contributed by atoms with Gasteiger partial charge in [-0.25, -0.2) is 4.79 Å². The molecule has 0 amide bonds. The molecule has 0 unspecified atom stereocenters. The van der Waals surface area contributed by atoms with Gasteiger partial charge in [0, 0.05) is 16.8 Å². The Bertz CT molecular complexity index is 1420. The number of hydrogen-bond acceptors (Lipinski definition) is 2. The van der Waals surface area contributed by atoms with E-state index in [1.165, 1.54) is 12.1 Å². The zero-order valence-electron chi connectivity index (χ0n) is 18.9. The molecule has 0 fully saturated rings. The van der Waals surface area contributed by atoms with Crippen molar-refractivity contribution in [2.45, 2.75) is 32.4 Å². The topological polar surface area (TPSA) is 79.5 Å². The number of fused-ring (bicyclic) bond motifs is 1. The van der Waals surface area contributed by atoms with Gasteiger partial charge in [0.25, 0.3) is 0 Å². The molecule has 8 heteroatoms. The summed E-state index contributed by atoms with van der Waals surface area (Å²) in [6, 6.07) is 17.0. The third-order valence-corrected chi connectivity index (χ3v) is 5.96. The fourth-order valence-electron chi connectivity index (χ4n) is 4.23. The van der Waals surface area contributed by atoms with Crippen LogP contribution in [0.3, 0.4) is 0 Å². The Balaban J connectivity index is 1.94. The van der Waals surface area contributed by atoms with Gasteiger partial charge in [-0.05, 0) is 59.0 Å². The van der Waals surface area contributed by atoms with Crippen LogP contribution in [-0.2, 0) is 17.4 Å². The molecule has 0 saturated heterocycles. The zero-order chi connectivity index (χ0) is 25.5.